The van der Waals surface area contributed by atoms with E-state index in [-0.39, 0.29) is 5.91 Å². The van der Waals surface area contributed by atoms with Crippen LogP contribution in [0.15, 0.2) is 78.3 Å². The fourth-order valence-corrected chi connectivity index (χ4v) is 3.54. The number of carbonyl (C=O) groups is 1. The summed E-state index contributed by atoms with van der Waals surface area (Å²) in [5, 5.41) is 7.33. The molecule has 0 saturated carbocycles. The molecule has 160 valence electrons. The predicted molar refractivity (Wildman–Crippen MR) is 126 cm³/mol. The Morgan fingerprint density at radius 2 is 2.12 bits per heavy atom. The molecule has 0 radical (unpaired) electrons. The molecular weight excluding hydrogens is 398 g/mol. The maximum Gasteiger partial charge on any atom is 0.251 e. The second-order valence-electron chi connectivity index (χ2n) is 7.57. The zero-order chi connectivity index (χ0) is 22.0. The molecule has 1 aliphatic rings. The number of rotatable bonds is 6. The van der Waals surface area contributed by atoms with Crippen molar-refractivity contribution >= 4 is 12.1 Å². The number of amides is 1. The van der Waals surface area contributed by atoms with Crippen LogP contribution < -0.4 is 5.32 Å². The summed E-state index contributed by atoms with van der Waals surface area (Å²) in [5.41, 5.74) is 2.78. The SMILES string of the molecule is O=C(NCCCC1C=NC=CCC1)c1ccc(-n2cccn2)c(C#Cc2ccccn2)c1. The lowest BCUT2D eigenvalue weighted by Gasteiger charge is -2.11. The van der Waals surface area contributed by atoms with Crippen LogP contribution >= 0.6 is 0 Å². The Labute approximate surface area is 188 Å². The number of aliphatic imine (C=N–C) groups is 1. The van der Waals surface area contributed by atoms with E-state index in [1.165, 1.54) is 0 Å². The summed E-state index contributed by atoms with van der Waals surface area (Å²) in [4.78, 5) is 21.3. The Morgan fingerprint density at radius 3 is 2.97 bits per heavy atom. The smallest absolute Gasteiger partial charge is 0.251 e. The van der Waals surface area contributed by atoms with Gasteiger partial charge in [-0.05, 0) is 73.9 Å². The Balaban J connectivity index is 1.44. The summed E-state index contributed by atoms with van der Waals surface area (Å²) in [7, 11) is 0. The molecule has 1 atom stereocenters. The topological polar surface area (TPSA) is 72.2 Å². The maximum absolute atomic E-state index is 12.7. The monoisotopic (exact) mass is 423 g/mol. The third kappa shape index (κ3) is 5.79. The number of nitrogens with zero attached hydrogens (tertiary/aromatic N) is 4. The lowest BCUT2D eigenvalue weighted by atomic mass is 9.99. The molecule has 0 saturated heterocycles. The highest BCUT2D eigenvalue weighted by atomic mass is 16.1. The Bertz CT molecular complexity index is 1150. The summed E-state index contributed by atoms with van der Waals surface area (Å²) in [5.74, 6) is 6.60. The van der Waals surface area contributed by atoms with E-state index in [2.05, 4.69) is 38.3 Å². The van der Waals surface area contributed by atoms with Crippen LogP contribution in [0.1, 0.15) is 47.3 Å². The average molecular weight is 424 g/mol. The van der Waals surface area contributed by atoms with Crippen LogP contribution in [0.25, 0.3) is 5.69 Å². The zero-order valence-electron chi connectivity index (χ0n) is 17.8. The molecule has 0 spiro atoms. The first-order valence-electron chi connectivity index (χ1n) is 10.8. The van der Waals surface area contributed by atoms with E-state index >= 15 is 0 Å². The standard InChI is InChI=1S/C26H25N5O/c32-26(29-16-5-8-21-7-1-3-14-27-20-21)23-11-13-25(31-18-6-17-30-31)22(19-23)10-12-24-9-2-4-15-28-24/h2-4,6,9,11,13-15,17-21H,1,5,7-8,16H2,(H,29,32). The summed E-state index contributed by atoms with van der Waals surface area (Å²) in [6, 6.07) is 12.9. The number of carbonyl (C=O) groups excluding carboxylic acids is 1. The number of aromatic nitrogens is 3. The average Bonchev–Trinajstić information content (AvgIpc) is 3.24. The molecule has 6 nitrogen and oxygen atoms in total. The van der Waals surface area contributed by atoms with Gasteiger partial charge in [0.15, 0.2) is 0 Å². The molecule has 1 N–H and O–H groups in total. The number of benzene rings is 1. The van der Waals surface area contributed by atoms with Gasteiger partial charge in [0.2, 0.25) is 0 Å². The van der Waals surface area contributed by atoms with Gasteiger partial charge in [0.1, 0.15) is 5.69 Å². The van der Waals surface area contributed by atoms with Crippen molar-refractivity contribution in [3.63, 3.8) is 0 Å². The number of hydrogen-bond acceptors (Lipinski definition) is 4. The van der Waals surface area contributed by atoms with E-state index < -0.39 is 0 Å². The van der Waals surface area contributed by atoms with E-state index in [1.807, 2.05) is 61.1 Å². The van der Waals surface area contributed by atoms with Gasteiger partial charge in [0, 0.05) is 43.1 Å². The molecule has 1 aromatic carbocycles. The molecule has 0 fully saturated rings. The van der Waals surface area contributed by atoms with Crippen LogP contribution in [0.4, 0.5) is 0 Å². The van der Waals surface area contributed by atoms with Crippen LogP contribution in [0, 0.1) is 17.8 Å². The quantitative estimate of drug-likeness (QED) is 0.478. The largest absolute Gasteiger partial charge is 0.352 e. The van der Waals surface area contributed by atoms with Gasteiger partial charge < -0.3 is 5.32 Å². The van der Waals surface area contributed by atoms with Crippen molar-refractivity contribution in [1.82, 2.24) is 20.1 Å². The summed E-state index contributed by atoms with van der Waals surface area (Å²) >= 11 is 0. The van der Waals surface area contributed by atoms with E-state index in [9.17, 15) is 4.79 Å². The molecule has 3 heterocycles. The van der Waals surface area contributed by atoms with Gasteiger partial charge >= 0.3 is 0 Å². The van der Waals surface area contributed by atoms with Crippen LogP contribution in [-0.2, 0) is 0 Å². The van der Waals surface area contributed by atoms with E-state index in [4.69, 9.17) is 0 Å². The maximum atomic E-state index is 12.7. The minimum Gasteiger partial charge on any atom is -0.352 e. The van der Waals surface area contributed by atoms with Gasteiger partial charge in [-0.2, -0.15) is 5.10 Å². The van der Waals surface area contributed by atoms with Crippen molar-refractivity contribution in [2.75, 3.05) is 6.54 Å². The van der Waals surface area contributed by atoms with Crippen LogP contribution in [-0.4, -0.2) is 33.4 Å². The fourth-order valence-electron chi connectivity index (χ4n) is 3.54. The third-order valence-corrected chi connectivity index (χ3v) is 5.23. The van der Waals surface area contributed by atoms with Gasteiger partial charge in [-0.1, -0.05) is 18.1 Å². The molecule has 1 amide bonds. The van der Waals surface area contributed by atoms with Crippen molar-refractivity contribution in [1.29, 1.82) is 0 Å². The Hall–Kier alpha value is -3.98. The van der Waals surface area contributed by atoms with Gasteiger partial charge in [0.05, 0.1) is 11.3 Å². The second kappa shape index (κ2) is 10.9. The van der Waals surface area contributed by atoms with Gasteiger partial charge in [0.25, 0.3) is 5.91 Å². The molecule has 0 aliphatic carbocycles. The molecule has 2 aromatic heterocycles. The molecular formula is C26H25N5O. The minimum atomic E-state index is -0.103. The lowest BCUT2D eigenvalue weighted by molar-refractivity contribution is 0.0952. The first-order valence-corrected chi connectivity index (χ1v) is 10.8. The van der Waals surface area contributed by atoms with Crippen molar-refractivity contribution in [3.05, 3.63) is 90.2 Å². The molecule has 4 rings (SSSR count). The van der Waals surface area contributed by atoms with Gasteiger partial charge in [-0.3, -0.25) is 9.79 Å². The highest BCUT2D eigenvalue weighted by molar-refractivity contribution is 5.95. The van der Waals surface area contributed by atoms with Gasteiger partial charge in [-0.25, -0.2) is 9.67 Å². The molecule has 3 aromatic rings. The van der Waals surface area contributed by atoms with E-state index in [1.54, 1.807) is 17.1 Å². The van der Waals surface area contributed by atoms with E-state index in [0.29, 0.717) is 29.3 Å². The third-order valence-electron chi connectivity index (χ3n) is 5.23. The Morgan fingerprint density at radius 1 is 1.16 bits per heavy atom. The summed E-state index contributed by atoms with van der Waals surface area (Å²) in [6.45, 7) is 0.631. The van der Waals surface area contributed by atoms with Crippen molar-refractivity contribution in [2.45, 2.75) is 25.7 Å². The molecule has 0 bridgehead atoms. The number of hydrogen-bond donors (Lipinski definition) is 1. The molecule has 1 unspecified atom stereocenters. The number of nitrogens with one attached hydrogen (secondary N) is 1. The zero-order valence-corrected chi connectivity index (χ0v) is 17.8. The summed E-state index contributed by atoms with van der Waals surface area (Å²) < 4.78 is 1.74. The second-order valence-corrected chi connectivity index (χ2v) is 7.57. The minimum absolute atomic E-state index is 0.103. The van der Waals surface area contributed by atoms with Crippen LogP contribution in [0.3, 0.4) is 0 Å². The number of allylic oxidation sites excluding steroid dienone is 1. The highest BCUT2D eigenvalue weighted by Crippen LogP contribution is 2.17. The van der Waals surface area contributed by atoms with Gasteiger partial charge in [-0.15, -0.1) is 0 Å². The lowest BCUT2D eigenvalue weighted by Crippen LogP contribution is -2.25. The molecule has 32 heavy (non-hydrogen) atoms. The first kappa shape index (κ1) is 21.3. The fraction of sp³-hybridized carbons (Fsp3) is 0.231. The molecule has 1 aliphatic heterocycles. The van der Waals surface area contributed by atoms with Crippen molar-refractivity contribution in [2.24, 2.45) is 10.9 Å². The molecule has 6 heteroatoms. The number of pyridine rings is 1. The van der Waals surface area contributed by atoms with Crippen molar-refractivity contribution < 1.29 is 4.79 Å². The van der Waals surface area contributed by atoms with Crippen molar-refractivity contribution in [3.8, 4) is 17.5 Å². The highest BCUT2D eigenvalue weighted by Gasteiger charge is 2.11. The predicted octanol–water partition coefficient (Wildman–Crippen LogP) is 4.17. The van der Waals surface area contributed by atoms with E-state index in [0.717, 1.165) is 31.4 Å². The first-order chi connectivity index (χ1) is 15.8. The Kier molecular flexibility index (Phi) is 7.22. The normalized spacial score (nSPS) is 14.9. The van der Waals surface area contributed by atoms with Crippen LogP contribution in [0.2, 0.25) is 0 Å². The van der Waals surface area contributed by atoms with Crippen LogP contribution in [0.5, 0.6) is 0 Å². The summed E-state index contributed by atoms with van der Waals surface area (Å²) in [6.07, 6.45) is 15.4.